The molecule has 0 saturated carbocycles. The highest BCUT2D eigenvalue weighted by molar-refractivity contribution is 6.10. The first-order valence-corrected chi connectivity index (χ1v) is 8.23. The number of para-hydroxylation sites is 1. The van der Waals surface area contributed by atoms with Crippen LogP contribution in [0.1, 0.15) is 15.9 Å². The van der Waals surface area contributed by atoms with E-state index < -0.39 is 11.6 Å². The Morgan fingerprint density at radius 1 is 0.923 bits per heavy atom. The molecule has 0 atom stereocenters. The number of hydrogen-bond donors (Lipinski definition) is 0. The number of esters is 1. The number of ether oxygens (including phenoxy) is 1. The number of carbonyl (C=O) groups is 1. The minimum Gasteiger partial charge on any atom is -0.465 e. The lowest BCUT2D eigenvalue weighted by Gasteiger charge is -2.11. The van der Waals surface area contributed by atoms with E-state index in [4.69, 9.17) is 9.15 Å². The zero-order valence-electron chi connectivity index (χ0n) is 14.4. The van der Waals surface area contributed by atoms with Gasteiger partial charge in [0.25, 0.3) is 0 Å². The van der Waals surface area contributed by atoms with E-state index in [0.29, 0.717) is 16.5 Å². The highest BCUT2D eigenvalue weighted by atomic mass is 16.5. The Labute approximate surface area is 149 Å². The first kappa shape index (κ1) is 16.1. The van der Waals surface area contributed by atoms with Crippen LogP contribution in [0.3, 0.4) is 0 Å². The van der Waals surface area contributed by atoms with E-state index in [1.54, 1.807) is 12.1 Å². The van der Waals surface area contributed by atoms with Crippen molar-refractivity contribution in [3.63, 3.8) is 0 Å². The summed E-state index contributed by atoms with van der Waals surface area (Å²) in [6.07, 6.45) is 0. The molecule has 4 nitrogen and oxygen atoms in total. The normalized spacial score (nSPS) is 11.0. The molecule has 0 bridgehead atoms. The van der Waals surface area contributed by atoms with E-state index in [1.165, 1.54) is 7.11 Å². The van der Waals surface area contributed by atoms with Crippen LogP contribution in [-0.2, 0) is 4.74 Å². The summed E-state index contributed by atoms with van der Waals surface area (Å²) in [5.74, 6) is -0.491. The minimum absolute atomic E-state index is 0.339. The van der Waals surface area contributed by atoms with E-state index in [-0.39, 0.29) is 0 Å². The monoisotopic (exact) mass is 344 g/mol. The Morgan fingerprint density at radius 3 is 2.38 bits per heavy atom. The molecule has 1 aromatic heterocycles. The van der Waals surface area contributed by atoms with Gasteiger partial charge in [-0.2, -0.15) is 0 Å². The summed E-state index contributed by atoms with van der Waals surface area (Å²) in [6.45, 7) is 2.00. The van der Waals surface area contributed by atoms with Crippen LogP contribution in [-0.4, -0.2) is 13.1 Å². The number of fused-ring (bicyclic) bond motifs is 3. The van der Waals surface area contributed by atoms with Crippen molar-refractivity contribution in [3.8, 4) is 11.1 Å². The van der Waals surface area contributed by atoms with Gasteiger partial charge in [0.15, 0.2) is 0 Å². The molecule has 0 fully saturated rings. The molecule has 1 heterocycles. The average molecular weight is 344 g/mol. The van der Waals surface area contributed by atoms with Crippen molar-refractivity contribution in [2.75, 3.05) is 7.11 Å². The maximum absolute atomic E-state index is 12.4. The van der Waals surface area contributed by atoms with Gasteiger partial charge in [0.2, 0.25) is 0 Å². The lowest BCUT2D eigenvalue weighted by molar-refractivity contribution is 0.0602. The zero-order valence-corrected chi connectivity index (χ0v) is 14.4. The van der Waals surface area contributed by atoms with Crippen LogP contribution in [0.4, 0.5) is 0 Å². The SMILES string of the molecule is COC(=O)c1cc2c(=O)oc3ccccc3c2cc1-c1ccc(C)cc1. The van der Waals surface area contributed by atoms with Crippen molar-refractivity contribution < 1.29 is 13.9 Å². The van der Waals surface area contributed by atoms with Crippen molar-refractivity contribution in [1.82, 2.24) is 0 Å². The van der Waals surface area contributed by atoms with Crippen molar-refractivity contribution in [2.24, 2.45) is 0 Å². The molecule has 0 spiro atoms. The summed E-state index contributed by atoms with van der Waals surface area (Å²) in [4.78, 5) is 24.8. The van der Waals surface area contributed by atoms with Crippen LogP contribution in [0.25, 0.3) is 32.9 Å². The topological polar surface area (TPSA) is 56.5 Å². The lowest BCUT2D eigenvalue weighted by atomic mass is 9.94. The van der Waals surface area contributed by atoms with Gasteiger partial charge in [-0.25, -0.2) is 9.59 Å². The van der Waals surface area contributed by atoms with Crippen molar-refractivity contribution in [3.05, 3.63) is 82.2 Å². The average Bonchev–Trinajstić information content (AvgIpc) is 2.67. The summed E-state index contributed by atoms with van der Waals surface area (Å²) in [7, 11) is 1.33. The Hall–Kier alpha value is -3.40. The molecule has 4 aromatic rings. The summed E-state index contributed by atoms with van der Waals surface area (Å²) >= 11 is 0. The minimum atomic E-state index is -0.491. The summed E-state index contributed by atoms with van der Waals surface area (Å²) in [5.41, 5.74) is 3.12. The summed E-state index contributed by atoms with van der Waals surface area (Å²) in [5, 5.41) is 1.94. The predicted molar refractivity (Wildman–Crippen MR) is 102 cm³/mol. The van der Waals surface area contributed by atoms with Gasteiger partial charge in [0, 0.05) is 10.8 Å². The molecule has 0 radical (unpaired) electrons. The molecule has 0 unspecified atom stereocenters. The maximum Gasteiger partial charge on any atom is 0.344 e. The van der Waals surface area contributed by atoms with Crippen molar-refractivity contribution in [2.45, 2.75) is 6.92 Å². The Kier molecular flexibility index (Phi) is 3.81. The highest BCUT2D eigenvalue weighted by Crippen LogP contribution is 2.32. The molecule has 3 aromatic carbocycles. The molecule has 0 N–H and O–H groups in total. The van der Waals surface area contributed by atoms with Gasteiger partial charge in [0.05, 0.1) is 18.1 Å². The molecule has 0 amide bonds. The second kappa shape index (κ2) is 6.15. The number of aryl methyl sites for hydroxylation is 1. The molecular weight excluding hydrogens is 328 g/mol. The second-order valence-corrected chi connectivity index (χ2v) is 6.19. The quantitative estimate of drug-likeness (QED) is 0.300. The smallest absolute Gasteiger partial charge is 0.344 e. The summed E-state index contributed by atoms with van der Waals surface area (Å²) in [6, 6.07) is 18.7. The van der Waals surface area contributed by atoms with E-state index in [2.05, 4.69) is 0 Å². The van der Waals surface area contributed by atoms with Gasteiger partial charge in [-0.05, 0) is 36.2 Å². The number of carbonyl (C=O) groups excluding carboxylic acids is 1. The lowest BCUT2D eigenvalue weighted by Crippen LogP contribution is -2.07. The van der Waals surface area contributed by atoms with Gasteiger partial charge < -0.3 is 9.15 Å². The Balaban J connectivity index is 2.14. The highest BCUT2D eigenvalue weighted by Gasteiger charge is 2.18. The van der Waals surface area contributed by atoms with Gasteiger partial charge in [-0.1, -0.05) is 48.0 Å². The fourth-order valence-corrected chi connectivity index (χ4v) is 3.18. The molecule has 4 rings (SSSR count). The van der Waals surface area contributed by atoms with Crippen LogP contribution in [0, 0.1) is 6.92 Å². The largest absolute Gasteiger partial charge is 0.465 e. The molecule has 4 heteroatoms. The van der Waals surface area contributed by atoms with E-state index >= 15 is 0 Å². The summed E-state index contributed by atoms with van der Waals surface area (Å²) < 4.78 is 10.3. The molecule has 128 valence electrons. The Morgan fingerprint density at radius 2 is 1.65 bits per heavy atom. The van der Waals surface area contributed by atoms with Gasteiger partial charge in [-0.3, -0.25) is 0 Å². The van der Waals surface area contributed by atoms with Gasteiger partial charge in [-0.15, -0.1) is 0 Å². The van der Waals surface area contributed by atoms with Crippen LogP contribution < -0.4 is 5.63 Å². The van der Waals surface area contributed by atoms with Crippen LogP contribution in [0.15, 0.2) is 69.9 Å². The second-order valence-electron chi connectivity index (χ2n) is 6.19. The van der Waals surface area contributed by atoms with E-state index in [0.717, 1.165) is 27.5 Å². The zero-order chi connectivity index (χ0) is 18.3. The third-order valence-corrected chi connectivity index (χ3v) is 4.53. The van der Waals surface area contributed by atoms with Gasteiger partial charge in [0.1, 0.15) is 5.58 Å². The number of rotatable bonds is 2. The fraction of sp³-hybridized carbons (Fsp3) is 0.0909. The number of benzene rings is 3. The Bertz CT molecular complexity index is 1200. The predicted octanol–water partition coefficient (Wildman–Crippen LogP) is 4.71. The molecular formula is C22H16O4. The fourth-order valence-electron chi connectivity index (χ4n) is 3.18. The molecule has 0 aliphatic rings. The molecule has 0 aliphatic carbocycles. The maximum atomic E-state index is 12.4. The van der Waals surface area contributed by atoms with E-state index in [9.17, 15) is 9.59 Å². The van der Waals surface area contributed by atoms with E-state index in [1.807, 2.05) is 55.5 Å². The first-order chi connectivity index (χ1) is 12.6. The van der Waals surface area contributed by atoms with Crippen LogP contribution in [0.2, 0.25) is 0 Å². The molecule has 0 aliphatic heterocycles. The van der Waals surface area contributed by atoms with Gasteiger partial charge >= 0.3 is 11.6 Å². The number of hydrogen-bond acceptors (Lipinski definition) is 4. The van der Waals surface area contributed by atoms with Crippen LogP contribution >= 0.6 is 0 Å². The third kappa shape index (κ3) is 2.56. The molecule has 0 saturated heterocycles. The molecule has 26 heavy (non-hydrogen) atoms. The standard InChI is InChI=1S/C22H16O4/c1-13-7-9-14(10-8-13)16-11-17-15-5-3-4-6-20(15)26-22(24)19(17)12-18(16)21(23)25-2/h3-12H,1-2H3. The number of methoxy groups -OCH3 is 1. The third-order valence-electron chi connectivity index (χ3n) is 4.53. The first-order valence-electron chi connectivity index (χ1n) is 8.23. The van der Waals surface area contributed by atoms with Crippen molar-refractivity contribution in [1.29, 1.82) is 0 Å². The van der Waals surface area contributed by atoms with Crippen LogP contribution in [0.5, 0.6) is 0 Å². The van der Waals surface area contributed by atoms with Crippen molar-refractivity contribution >= 4 is 27.7 Å².